The lowest BCUT2D eigenvalue weighted by atomic mass is 10.1. The average Bonchev–Trinajstić information content (AvgIpc) is 2.86. The first-order chi connectivity index (χ1) is 7.25. The topological polar surface area (TPSA) is 49.8 Å². The van der Waals surface area contributed by atoms with Crippen LogP contribution in [0, 0.1) is 5.92 Å². The summed E-state index contributed by atoms with van der Waals surface area (Å²) >= 11 is 0. The van der Waals surface area contributed by atoms with Crippen LogP contribution in [-0.2, 0) is 9.53 Å². The number of hydrogen-bond donors (Lipinski definition) is 1. The smallest absolute Gasteiger partial charge is 0.307 e. The summed E-state index contributed by atoms with van der Waals surface area (Å²) in [6, 6.07) is 0. The van der Waals surface area contributed by atoms with Gasteiger partial charge in [0.1, 0.15) is 0 Å². The van der Waals surface area contributed by atoms with Gasteiger partial charge in [0, 0.05) is 19.7 Å². The molecule has 0 spiro atoms. The second-order valence-electron chi connectivity index (χ2n) is 4.55. The van der Waals surface area contributed by atoms with Crippen molar-refractivity contribution in [1.29, 1.82) is 0 Å². The van der Waals surface area contributed by atoms with Crippen molar-refractivity contribution < 1.29 is 14.6 Å². The minimum absolute atomic E-state index is 0.144. The Labute approximate surface area is 90.2 Å². The van der Waals surface area contributed by atoms with E-state index < -0.39 is 5.97 Å². The van der Waals surface area contributed by atoms with Crippen molar-refractivity contribution in [3.05, 3.63) is 0 Å². The molecule has 0 aromatic rings. The Hall–Kier alpha value is -0.610. The third kappa shape index (κ3) is 2.92. The molecule has 2 aliphatic heterocycles. The number of ether oxygens (including phenoxy) is 1. The molecule has 0 saturated carbocycles. The van der Waals surface area contributed by atoms with Gasteiger partial charge in [-0.2, -0.15) is 0 Å². The molecule has 2 unspecified atom stereocenters. The maximum absolute atomic E-state index is 10.8. The summed E-state index contributed by atoms with van der Waals surface area (Å²) in [7, 11) is 0. The Bertz CT molecular complexity index is 226. The van der Waals surface area contributed by atoms with Crippen LogP contribution in [0.3, 0.4) is 0 Å². The molecule has 15 heavy (non-hydrogen) atoms. The van der Waals surface area contributed by atoms with Crippen LogP contribution >= 0.6 is 0 Å². The molecule has 0 bridgehead atoms. The molecule has 2 saturated heterocycles. The molecule has 0 aromatic heterocycles. The summed E-state index contributed by atoms with van der Waals surface area (Å²) in [5.41, 5.74) is 0. The molecule has 0 amide bonds. The number of rotatable bonds is 4. The lowest BCUT2D eigenvalue weighted by Gasteiger charge is -2.17. The second-order valence-corrected chi connectivity index (χ2v) is 4.55. The first-order valence-corrected chi connectivity index (χ1v) is 5.82. The number of carbonyl (C=O) groups is 1. The molecule has 2 aliphatic rings. The van der Waals surface area contributed by atoms with E-state index in [0.29, 0.717) is 6.10 Å². The molecule has 2 heterocycles. The highest BCUT2D eigenvalue weighted by Crippen LogP contribution is 2.20. The Morgan fingerprint density at radius 1 is 1.47 bits per heavy atom. The number of carboxylic acids is 1. The molecule has 4 nitrogen and oxygen atoms in total. The molecular weight excluding hydrogens is 194 g/mol. The van der Waals surface area contributed by atoms with Gasteiger partial charge in [-0.25, -0.2) is 0 Å². The monoisotopic (exact) mass is 213 g/mol. The third-order valence-electron chi connectivity index (χ3n) is 3.41. The van der Waals surface area contributed by atoms with Crippen LogP contribution in [0.1, 0.15) is 25.7 Å². The summed E-state index contributed by atoms with van der Waals surface area (Å²) in [6.07, 6.45) is 4.65. The van der Waals surface area contributed by atoms with Crippen molar-refractivity contribution in [2.45, 2.75) is 31.8 Å². The van der Waals surface area contributed by atoms with E-state index in [2.05, 4.69) is 4.90 Å². The quantitative estimate of drug-likeness (QED) is 0.755. The molecule has 2 fully saturated rings. The van der Waals surface area contributed by atoms with Crippen molar-refractivity contribution in [2.75, 3.05) is 26.2 Å². The number of carboxylic acid groups (broad SMARTS) is 1. The Balaban J connectivity index is 1.66. The fourth-order valence-corrected chi connectivity index (χ4v) is 2.44. The standard InChI is InChI=1S/C11H19NO3/c13-11(14)9-3-5-12(8-9)6-4-10-2-1-7-15-10/h9-10H,1-8H2,(H,13,14). The van der Waals surface area contributed by atoms with E-state index in [9.17, 15) is 4.79 Å². The minimum Gasteiger partial charge on any atom is -0.481 e. The summed E-state index contributed by atoms with van der Waals surface area (Å²) in [5.74, 6) is -0.788. The van der Waals surface area contributed by atoms with Gasteiger partial charge in [0.05, 0.1) is 12.0 Å². The zero-order chi connectivity index (χ0) is 10.7. The van der Waals surface area contributed by atoms with E-state index in [4.69, 9.17) is 9.84 Å². The van der Waals surface area contributed by atoms with Crippen molar-refractivity contribution in [1.82, 2.24) is 4.90 Å². The van der Waals surface area contributed by atoms with Gasteiger partial charge >= 0.3 is 5.97 Å². The van der Waals surface area contributed by atoms with Crippen molar-refractivity contribution in [3.8, 4) is 0 Å². The molecule has 2 rings (SSSR count). The van der Waals surface area contributed by atoms with Gasteiger partial charge in [-0.3, -0.25) is 4.79 Å². The lowest BCUT2D eigenvalue weighted by Crippen LogP contribution is -2.26. The van der Waals surface area contributed by atoms with E-state index in [0.717, 1.165) is 39.1 Å². The zero-order valence-corrected chi connectivity index (χ0v) is 9.02. The Morgan fingerprint density at radius 3 is 2.93 bits per heavy atom. The van der Waals surface area contributed by atoms with Crippen molar-refractivity contribution >= 4 is 5.97 Å². The van der Waals surface area contributed by atoms with E-state index in [1.54, 1.807) is 0 Å². The maximum atomic E-state index is 10.8. The van der Waals surface area contributed by atoms with Crippen LogP contribution in [0.2, 0.25) is 0 Å². The average molecular weight is 213 g/mol. The van der Waals surface area contributed by atoms with E-state index in [1.807, 2.05) is 0 Å². The number of aliphatic carboxylic acids is 1. The van der Waals surface area contributed by atoms with E-state index >= 15 is 0 Å². The van der Waals surface area contributed by atoms with Gasteiger partial charge in [0.25, 0.3) is 0 Å². The van der Waals surface area contributed by atoms with Gasteiger partial charge in [0.2, 0.25) is 0 Å². The molecule has 0 aliphatic carbocycles. The van der Waals surface area contributed by atoms with E-state index in [1.165, 1.54) is 12.8 Å². The Morgan fingerprint density at radius 2 is 2.33 bits per heavy atom. The first-order valence-electron chi connectivity index (χ1n) is 5.82. The minimum atomic E-state index is -0.644. The summed E-state index contributed by atoms with van der Waals surface area (Å²) in [6.45, 7) is 3.56. The number of likely N-dealkylation sites (tertiary alicyclic amines) is 1. The molecule has 4 heteroatoms. The lowest BCUT2D eigenvalue weighted by molar-refractivity contribution is -0.141. The predicted molar refractivity (Wildman–Crippen MR) is 55.8 cm³/mol. The van der Waals surface area contributed by atoms with Gasteiger partial charge in [-0.15, -0.1) is 0 Å². The SMILES string of the molecule is O=C(O)C1CCN(CCC2CCCO2)C1. The summed E-state index contributed by atoms with van der Waals surface area (Å²) in [4.78, 5) is 13.0. The highest BCUT2D eigenvalue weighted by Gasteiger charge is 2.28. The van der Waals surface area contributed by atoms with Crippen LogP contribution in [0.4, 0.5) is 0 Å². The fourth-order valence-electron chi connectivity index (χ4n) is 2.44. The van der Waals surface area contributed by atoms with Crippen LogP contribution < -0.4 is 0 Å². The van der Waals surface area contributed by atoms with Crippen LogP contribution in [-0.4, -0.2) is 48.3 Å². The van der Waals surface area contributed by atoms with Gasteiger partial charge in [-0.05, 0) is 32.2 Å². The normalized spacial score (nSPS) is 32.3. The van der Waals surface area contributed by atoms with Crippen LogP contribution in [0.25, 0.3) is 0 Å². The fraction of sp³-hybridized carbons (Fsp3) is 0.909. The van der Waals surface area contributed by atoms with E-state index in [-0.39, 0.29) is 5.92 Å². The van der Waals surface area contributed by atoms with Crippen LogP contribution in [0.15, 0.2) is 0 Å². The van der Waals surface area contributed by atoms with Crippen molar-refractivity contribution in [3.63, 3.8) is 0 Å². The first kappa shape index (κ1) is 10.9. The maximum Gasteiger partial charge on any atom is 0.307 e. The zero-order valence-electron chi connectivity index (χ0n) is 9.02. The molecule has 86 valence electrons. The molecule has 0 aromatic carbocycles. The number of hydrogen-bond acceptors (Lipinski definition) is 3. The van der Waals surface area contributed by atoms with Gasteiger partial charge in [0.15, 0.2) is 0 Å². The highest BCUT2D eigenvalue weighted by atomic mass is 16.5. The largest absolute Gasteiger partial charge is 0.481 e. The highest BCUT2D eigenvalue weighted by molar-refractivity contribution is 5.70. The summed E-state index contributed by atoms with van der Waals surface area (Å²) in [5, 5.41) is 8.86. The van der Waals surface area contributed by atoms with Crippen molar-refractivity contribution in [2.24, 2.45) is 5.92 Å². The molecule has 0 radical (unpaired) electrons. The van der Waals surface area contributed by atoms with Gasteiger partial charge < -0.3 is 14.7 Å². The van der Waals surface area contributed by atoms with Gasteiger partial charge in [-0.1, -0.05) is 0 Å². The second kappa shape index (κ2) is 4.94. The predicted octanol–water partition coefficient (Wildman–Crippen LogP) is 0.962. The third-order valence-corrected chi connectivity index (χ3v) is 3.41. The Kier molecular flexibility index (Phi) is 3.59. The summed E-state index contributed by atoms with van der Waals surface area (Å²) < 4.78 is 5.54. The molecular formula is C11H19NO3. The molecule has 2 atom stereocenters. The number of nitrogens with zero attached hydrogens (tertiary/aromatic N) is 1. The molecule has 1 N–H and O–H groups in total. The van der Waals surface area contributed by atoms with Crippen LogP contribution in [0.5, 0.6) is 0 Å².